The lowest BCUT2D eigenvalue weighted by Crippen LogP contribution is -2.35. The fourth-order valence-electron chi connectivity index (χ4n) is 2.76. The molecule has 1 fully saturated rings. The molecule has 138 valence electrons. The van der Waals surface area contributed by atoms with E-state index in [1.807, 2.05) is 0 Å². The van der Waals surface area contributed by atoms with Crippen LogP contribution in [-0.4, -0.2) is 43.7 Å². The van der Waals surface area contributed by atoms with Gasteiger partial charge in [-0.2, -0.15) is 0 Å². The van der Waals surface area contributed by atoms with Gasteiger partial charge >= 0.3 is 0 Å². The number of nitrogens with zero attached hydrogens (tertiary/aromatic N) is 1. The summed E-state index contributed by atoms with van der Waals surface area (Å²) in [4.78, 5) is 16.2. The van der Waals surface area contributed by atoms with Crippen molar-refractivity contribution in [2.24, 2.45) is 0 Å². The number of hydrogen-bond donors (Lipinski definition) is 2. The Morgan fingerprint density at radius 3 is 3.08 bits per heavy atom. The predicted molar refractivity (Wildman–Crippen MR) is 95.0 cm³/mol. The van der Waals surface area contributed by atoms with Gasteiger partial charge in [0.25, 0.3) is 5.91 Å². The number of carbonyl (C=O) groups is 1. The number of carbonyl (C=O) groups excluding carboxylic acids is 1. The molecule has 2 atom stereocenters. The quantitative estimate of drug-likeness (QED) is 0.853. The highest BCUT2D eigenvalue weighted by molar-refractivity contribution is 6.30. The molecule has 6 nitrogen and oxygen atoms in total. The van der Waals surface area contributed by atoms with Crippen molar-refractivity contribution in [2.45, 2.75) is 12.2 Å². The molecule has 1 aromatic carbocycles. The number of hydrogen-bond acceptors (Lipinski definition) is 5. The Balaban J connectivity index is 1.90. The summed E-state index contributed by atoms with van der Waals surface area (Å²) in [5, 5.41) is 5.81. The Morgan fingerprint density at radius 2 is 2.31 bits per heavy atom. The zero-order valence-electron chi connectivity index (χ0n) is 14.2. The molecule has 0 aliphatic carbocycles. The predicted octanol–water partition coefficient (Wildman–Crippen LogP) is 2.34. The first kappa shape index (κ1) is 18.6. The summed E-state index contributed by atoms with van der Waals surface area (Å²) in [6, 6.07) is 7.82. The maximum atomic E-state index is 13.9. The number of amides is 1. The standard InChI is InChI=1S/C18H19ClFN3O3/c1-21-17(24)12-3-2-6-23-18(12)26-15-10-22-7-8-25-16(15)11-4-5-13(19)14(20)9-11/h2-6,9,15-16,22H,7-8,10H2,1H3,(H,21,24). The van der Waals surface area contributed by atoms with E-state index in [0.717, 1.165) is 0 Å². The third-order valence-corrected chi connectivity index (χ3v) is 4.34. The van der Waals surface area contributed by atoms with Gasteiger partial charge in [0.05, 0.1) is 11.6 Å². The van der Waals surface area contributed by atoms with E-state index < -0.39 is 18.0 Å². The zero-order chi connectivity index (χ0) is 18.5. The molecule has 0 spiro atoms. The van der Waals surface area contributed by atoms with Gasteiger partial charge in [-0.15, -0.1) is 0 Å². The summed E-state index contributed by atoms with van der Waals surface area (Å²) in [7, 11) is 1.54. The van der Waals surface area contributed by atoms with E-state index in [1.165, 1.54) is 19.2 Å². The van der Waals surface area contributed by atoms with E-state index in [9.17, 15) is 9.18 Å². The second-order valence-electron chi connectivity index (χ2n) is 5.76. The fraction of sp³-hybridized carbons (Fsp3) is 0.333. The Morgan fingerprint density at radius 1 is 1.46 bits per heavy atom. The van der Waals surface area contributed by atoms with Gasteiger partial charge in [-0.25, -0.2) is 9.37 Å². The van der Waals surface area contributed by atoms with Crippen molar-refractivity contribution in [3.8, 4) is 5.88 Å². The van der Waals surface area contributed by atoms with Gasteiger partial charge in [0.15, 0.2) is 0 Å². The molecule has 2 N–H and O–H groups in total. The molecule has 2 unspecified atom stereocenters. The summed E-state index contributed by atoms with van der Waals surface area (Å²) >= 11 is 5.78. The number of ether oxygens (including phenoxy) is 2. The van der Waals surface area contributed by atoms with E-state index in [0.29, 0.717) is 30.8 Å². The van der Waals surface area contributed by atoms with Crippen molar-refractivity contribution in [3.05, 3.63) is 58.5 Å². The molecular weight excluding hydrogens is 361 g/mol. The molecule has 0 radical (unpaired) electrons. The van der Waals surface area contributed by atoms with Crippen LogP contribution in [0.25, 0.3) is 0 Å². The highest BCUT2D eigenvalue weighted by Crippen LogP contribution is 2.29. The van der Waals surface area contributed by atoms with Gasteiger partial charge in [0, 0.05) is 26.3 Å². The summed E-state index contributed by atoms with van der Waals surface area (Å²) in [6.45, 7) is 1.54. The van der Waals surface area contributed by atoms with E-state index >= 15 is 0 Å². The molecular formula is C18H19ClFN3O3. The maximum Gasteiger partial charge on any atom is 0.256 e. The second kappa shape index (κ2) is 8.44. The van der Waals surface area contributed by atoms with Gasteiger partial charge in [-0.05, 0) is 29.8 Å². The molecule has 1 saturated heterocycles. The number of rotatable bonds is 4. The summed E-state index contributed by atoms with van der Waals surface area (Å²) in [5.41, 5.74) is 0.929. The normalized spacial score (nSPS) is 20.3. The van der Waals surface area contributed by atoms with Crippen LogP contribution in [-0.2, 0) is 4.74 Å². The van der Waals surface area contributed by atoms with Crippen molar-refractivity contribution in [3.63, 3.8) is 0 Å². The average molecular weight is 380 g/mol. The number of aromatic nitrogens is 1. The minimum atomic E-state index is -0.531. The SMILES string of the molecule is CNC(=O)c1cccnc1OC1CNCCOC1c1ccc(Cl)c(F)c1. The number of pyridine rings is 1. The topological polar surface area (TPSA) is 72.5 Å². The lowest BCUT2D eigenvalue weighted by Gasteiger charge is -2.26. The van der Waals surface area contributed by atoms with Crippen LogP contribution in [0.15, 0.2) is 36.5 Å². The van der Waals surface area contributed by atoms with Gasteiger partial charge in [0.1, 0.15) is 23.6 Å². The Labute approximate surface area is 155 Å². The third-order valence-electron chi connectivity index (χ3n) is 4.04. The van der Waals surface area contributed by atoms with E-state index in [-0.39, 0.29) is 16.8 Å². The molecule has 1 aliphatic rings. The molecule has 2 heterocycles. The fourth-order valence-corrected chi connectivity index (χ4v) is 2.87. The van der Waals surface area contributed by atoms with Crippen LogP contribution in [0.4, 0.5) is 4.39 Å². The van der Waals surface area contributed by atoms with Crippen LogP contribution in [0.3, 0.4) is 0 Å². The Bertz CT molecular complexity index is 790. The zero-order valence-corrected chi connectivity index (χ0v) is 14.9. The van der Waals surface area contributed by atoms with Crippen LogP contribution in [0.2, 0.25) is 5.02 Å². The minimum absolute atomic E-state index is 0.0459. The number of halogens is 2. The molecule has 26 heavy (non-hydrogen) atoms. The highest BCUT2D eigenvalue weighted by atomic mass is 35.5. The maximum absolute atomic E-state index is 13.9. The summed E-state index contributed by atoms with van der Waals surface area (Å²) < 4.78 is 25.8. The first-order valence-corrected chi connectivity index (χ1v) is 8.59. The Kier molecular flexibility index (Phi) is 6.03. The third kappa shape index (κ3) is 4.12. The largest absolute Gasteiger partial charge is 0.469 e. The van der Waals surface area contributed by atoms with Crippen LogP contribution in [0.5, 0.6) is 5.88 Å². The van der Waals surface area contributed by atoms with E-state index in [1.54, 1.807) is 24.4 Å². The van der Waals surface area contributed by atoms with Crippen LogP contribution < -0.4 is 15.4 Å². The average Bonchev–Trinajstić information content (AvgIpc) is 2.89. The monoisotopic (exact) mass is 379 g/mol. The van der Waals surface area contributed by atoms with E-state index in [4.69, 9.17) is 21.1 Å². The lowest BCUT2D eigenvalue weighted by molar-refractivity contribution is -0.0105. The van der Waals surface area contributed by atoms with Gasteiger partial charge in [0.2, 0.25) is 5.88 Å². The summed E-state index contributed by atoms with van der Waals surface area (Å²) in [5.74, 6) is -0.624. The van der Waals surface area contributed by atoms with Crippen molar-refractivity contribution >= 4 is 17.5 Å². The molecule has 0 saturated carbocycles. The molecule has 8 heteroatoms. The smallest absolute Gasteiger partial charge is 0.256 e. The van der Waals surface area contributed by atoms with Crippen LogP contribution >= 0.6 is 11.6 Å². The Hall–Kier alpha value is -2.22. The molecule has 2 aromatic rings. The van der Waals surface area contributed by atoms with E-state index in [2.05, 4.69) is 15.6 Å². The molecule has 1 aliphatic heterocycles. The lowest BCUT2D eigenvalue weighted by atomic mass is 10.0. The minimum Gasteiger partial charge on any atom is -0.469 e. The van der Waals surface area contributed by atoms with Crippen molar-refractivity contribution in [1.29, 1.82) is 0 Å². The summed E-state index contributed by atoms with van der Waals surface area (Å²) in [6.07, 6.45) is 0.511. The first-order valence-electron chi connectivity index (χ1n) is 8.21. The molecule has 3 rings (SSSR count). The molecule has 1 aromatic heterocycles. The highest BCUT2D eigenvalue weighted by Gasteiger charge is 2.30. The van der Waals surface area contributed by atoms with Crippen molar-refractivity contribution in [1.82, 2.24) is 15.6 Å². The van der Waals surface area contributed by atoms with Gasteiger partial charge in [-0.3, -0.25) is 4.79 Å². The van der Waals surface area contributed by atoms with Gasteiger partial charge < -0.3 is 20.1 Å². The molecule has 0 bridgehead atoms. The first-order chi connectivity index (χ1) is 12.6. The van der Waals surface area contributed by atoms with Crippen LogP contribution in [0, 0.1) is 5.82 Å². The number of nitrogens with one attached hydrogen (secondary N) is 2. The van der Waals surface area contributed by atoms with Gasteiger partial charge in [-0.1, -0.05) is 17.7 Å². The van der Waals surface area contributed by atoms with Crippen molar-refractivity contribution < 1.29 is 18.7 Å². The second-order valence-corrected chi connectivity index (χ2v) is 6.17. The van der Waals surface area contributed by atoms with Crippen LogP contribution in [0.1, 0.15) is 22.0 Å². The number of benzene rings is 1. The van der Waals surface area contributed by atoms with Crippen molar-refractivity contribution in [2.75, 3.05) is 26.7 Å². The molecule has 1 amide bonds.